The van der Waals surface area contributed by atoms with Gasteiger partial charge >= 0.3 is 11.9 Å². The first kappa shape index (κ1) is 31.1. The molecule has 2 aromatic rings. The quantitative estimate of drug-likeness (QED) is 0.142. The minimum absolute atomic E-state index is 0.167. The van der Waals surface area contributed by atoms with E-state index in [1.807, 2.05) is 64.1 Å². The summed E-state index contributed by atoms with van der Waals surface area (Å²) in [5.74, 6) is -0.837. The van der Waals surface area contributed by atoms with Crippen LogP contribution >= 0.6 is 0 Å². The van der Waals surface area contributed by atoms with Gasteiger partial charge in [0.05, 0.1) is 12.8 Å². The number of benzene rings is 2. The molecule has 0 saturated carbocycles. The van der Waals surface area contributed by atoms with E-state index >= 15 is 0 Å². The lowest BCUT2D eigenvalue weighted by Crippen LogP contribution is -2.39. The van der Waals surface area contributed by atoms with Crippen molar-refractivity contribution in [2.45, 2.75) is 60.0 Å². The zero-order valence-corrected chi connectivity index (χ0v) is 24.4. The van der Waals surface area contributed by atoms with Gasteiger partial charge in [-0.1, -0.05) is 80.7 Å². The van der Waals surface area contributed by atoms with Crippen molar-refractivity contribution in [2.75, 3.05) is 0 Å². The van der Waals surface area contributed by atoms with Crippen LogP contribution in [0.4, 0.5) is 0 Å². The molecule has 1 N–H and O–H groups in total. The van der Waals surface area contributed by atoms with Crippen molar-refractivity contribution in [3.63, 3.8) is 0 Å². The Morgan fingerprint density at radius 3 is 2.32 bits per heavy atom. The number of ether oxygens (including phenoxy) is 2. The number of allylic oxidation sites excluding steroid dienone is 6. The van der Waals surface area contributed by atoms with E-state index in [4.69, 9.17) is 9.47 Å². The summed E-state index contributed by atoms with van der Waals surface area (Å²) in [5.41, 5.74) is 4.83. The van der Waals surface area contributed by atoms with E-state index in [-0.39, 0.29) is 29.8 Å². The van der Waals surface area contributed by atoms with Gasteiger partial charge in [-0.3, -0.25) is 14.4 Å². The maximum absolute atomic E-state index is 13.0. The van der Waals surface area contributed by atoms with Crippen LogP contribution in [0.2, 0.25) is 0 Å². The normalized spacial score (nSPS) is 17.2. The number of aryl methyl sites for hydroxylation is 1. The number of carbonyl (C=O) groups excluding carboxylic acids is 3. The van der Waals surface area contributed by atoms with Gasteiger partial charge < -0.3 is 14.6 Å². The molecule has 6 nitrogen and oxygen atoms in total. The summed E-state index contributed by atoms with van der Waals surface area (Å²) in [7, 11) is 0. The molecule has 2 aromatic carbocycles. The fourth-order valence-corrected chi connectivity index (χ4v) is 4.78. The highest BCUT2D eigenvalue weighted by atomic mass is 16.5. The van der Waals surface area contributed by atoms with E-state index in [1.165, 1.54) is 0 Å². The van der Waals surface area contributed by atoms with Gasteiger partial charge in [0, 0.05) is 6.42 Å². The monoisotopic (exact) mass is 554 g/mol. The SMILES string of the molecule is C=C/C=C(C)/C=C/C1=C(C)C(=O)C(OC(=O)CCC(=O)Oc2ccc(/C=C/c3cc(C)cc(O)c3)cc2)CC1(C)C. The number of ketones is 1. The van der Waals surface area contributed by atoms with Crippen molar-refractivity contribution < 1.29 is 29.0 Å². The highest BCUT2D eigenvalue weighted by Crippen LogP contribution is 2.41. The lowest BCUT2D eigenvalue weighted by Gasteiger charge is -2.36. The minimum atomic E-state index is -0.889. The van der Waals surface area contributed by atoms with Crippen LogP contribution in [0.1, 0.15) is 63.6 Å². The van der Waals surface area contributed by atoms with Gasteiger partial charge in [0.15, 0.2) is 11.9 Å². The van der Waals surface area contributed by atoms with Gasteiger partial charge in [0.2, 0.25) is 0 Å². The standard InChI is InChI=1S/C35H38O6/c1-7-8-23(2)9-16-30-25(4)34(39)31(22-35(30,5)6)41-33(38)18-17-32(37)40-29-14-12-26(13-15-29)10-11-27-19-24(3)20-28(36)21-27/h7-16,19-21,31,36H,1,17-18,22H2,2-6H3/b11-10+,16-9+,23-8+. The van der Waals surface area contributed by atoms with Crippen molar-refractivity contribution in [3.05, 3.63) is 107 Å². The fourth-order valence-electron chi connectivity index (χ4n) is 4.78. The minimum Gasteiger partial charge on any atom is -0.508 e. The highest BCUT2D eigenvalue weighted by molar-refractivity contribution is 6.01. The Balaban J connectivity index is 1.52. The van der Waals surface area contributed by atoms with E-state index in [0.717, 1.165) is 27.8 Å². The van der Waals surface area contributed by atoms with Crippen LogP contribution in [0.3, 0.4) is 0 Å². The molecule has 0 radical (unpaired) electrons. The van der Waals surface area contributed by atoms with E-state index in [2.05, 4.69) is 6.58 Å². The Labute approximate surface area is 242 Å². The maximum Gasteiger partial charge on any atom is 0.311 e. The first-order valence-electron chi connectivity index (χ1n) is 13.6. The number of rotatable bonds is 10. The van der Waals surface area contributed by atoms with Crippen molar-refractivity contribution >= 4 is 29.9 Å². The molecule has 214 valence electrons. The maximum atomic E-state index is 13.0. The van der Waals surface area contributed by atoms with Crippen molar-refractivity contribution in [2.24, 2.45) is 5.41 Å². The van der Waals surface area contributed by atoms with Crippen LogP contribution in [0.25, 0.3) is 12.2 Å². The average molecular weight is 555 g/mol. The topological polar surface area (TPSA) is 89.9 Å². The van der Waals surface area contributed by atoms with Crippen molar-refractivity contribution in [1.29, 1.82) is 0 Å². The highest BCUT2D eigenvalue weighted by Gasteiger charge is 2.39. The number of aromatic hydroxyl groups is 1. The molecule has 0 spiro atoms. The lowest BCUT2D eigenvalue weighted by molar-refractivity contribution is -0.157. The number of hydrogen-bond donors (Lipinski definition) is 1. The van der Waals surface area contributed by atoms with Gasteiger partial charge in [0.25, 0.3) is 0 Å². The van der Waals surface area contributed by atoms with Gasteiger partial charge in [-0.15, -0.1) is 0 Å². The molecule has 1 aliphatic carbocycles. The molecule has 1 atom stereocenters. The molecule has 0 bridgehead atoms. The summed E-state index contributed by atoms with van der Waals surface area (Å²) >= 11 is 0. The predicted molar refractivity (Wildman–Crippen MR) is 162 cm³/mol. The summed E-state index contributed by atoms with van der Waals surface area (Å²) in [6.45, 7) is 13.3. The predicted octanol–water partition coefficient (Wildman–Crippen LogP) is 7.47. The molecule has 1 unspecified atom stereocenters. The van der Waals surface area contributed by atoms with E-state index in [0.29, 0.717) is 17.7 Å². The molecule has 6 heteroatoms. The first-order valence-corrected chi connectivity index (χ1v) is 13.6. The Kier molecular flexibility index (Phi) is 10.4. The Bertz CT molecular complexity index is 1410. The summed E-state index contributed by atoms with van der Waals surface area (Å²) in [6, 6.07) is 12.3. The zero-order valence-electron chi connectivity index (χ0n) is 24.4. The largest absolute Gasteiger partial charge is 0.508 e. The van der Waals surface area contributed by atoms with Crippen LogP contribution in [-0.2, 0) is 19.1 Å². The molecular formula is C35H38O6. The number of phenols is 1. The summed E-state index contributed by atoms with van der Waals surface area (Å²) < 4.78 is 10.9. The second kappa shape index (κ2) is 13.8. The Hall–Kier alpha value is -4.45. The van der Waals surface area contributed by atoms with E-state index in [9.17, 15) is 19.5 Å². The van der Waals surface area contributed by atoms with Gasteiger partial charge in [-0.05, 0) is 78.3 Å². The smallest absolute Gasteiger partial charge is 0.311 e. The van der Waals surface area contributed by atoms with Crippen LogP contribution < -0.4 is 4.74 Å². The number of esters is 2. The molecule has 0 aromatic heterocycles. The summed E-state index contributed by atoms with van der Waals surface area (Å²) in [5, 5.41) is 9.74. The molecule has 0 aliphatic heterocycles. The van der Waals surface area contributed by atoms with Crippen LogP contribution in [0, 0.1) is 12.3 Å². The van der Waals surface area contributed by atoms with E-state index < -0.39 is 18.0 Å². The lowest BCUT2D eigenvalue weighted by atomic mass is 9.71. The number of carbonyl (C=O) groups is 3. The van der Waals surface area contributed by atoms with Gasteiger partial charge in [0.1, 0.15) is 11.5 Å². The second-order valence-corrected chi connectivity index (χ2v) is 10.9. The van der Waals surface area contributed by atoms with Gasteiger partial charge in [-0.25, -0.2) is 0 Å². The molecule has 41 heavy (non-hydrogen) atoms. The number of hydrogen-bond acceptors (Lipinski definition) is 6. The van der Waals surface area contributed by atoms with E-state index in [1.54, 1.807) is 49.4 Å². The third-order valence-corrected chi connectivity index (χ3v) is 6.86. The third kappa shape index (κ3) is 9.04. The molecule has 3 rings (SSSR count). The molecule has 0 amide bonds. The van der Waals surface area contributed by atoms with Crippen molar-refractivity contribution in [1.82, 2.24) is 0 Å². The summed E-state index contributed by atoms with van der Waals surface area (Å²) in [4.78, 5) is 37.9. The van der Waals surface area contributed by atoms with Gasteiger partial charge in [-0.2, -0.15) is 0 Å². The molecule has 0 heterocycles. The zero-order chi connectivity index (χ0) is 30.2. The molecular weight excluding hydrogens is 516 g/mol. The molecule has 0 saturated heterocycles. The molecule has 1 aliphatic rings. The van der Waals surface area contributed by atoms with Crippen LogP contribution in [-0.4, -0.2) is 28.9 Å². The third-order valence-electron chi connectivity index (χ3n) is 6.86. The number of Topliss-reactive ketones (excluding diaryl/α,β-unsaturated/α-hetero) is 1. The van der Waals surface area contributed by atoms with Crippen LogP contribution in [0.15, 0.2) is 90.1 Å². The number of phenolic OH excluding ortho intramolecular Hbond substituents is 1. The second-order valence-electron chi connectivity index (χ2n) is 10.9. The van der Waals surface area contributed by atoms with Crippen LogP contribution in [0.5, 0.6) is 11.5 Å². The Morgan fingerprint density at radius 2 is 1.66 bits per heavy atom. The average Bonchev–Trinajstić information content (AvgIpc) is 2.89. The summed E-state index contributed by atoms with van der Waals surface area (Å²) in [6.07, 6.45) is 10.4. The molecule has 0 fully saturated rings. The van der Waals surface area contributed by atoms with Crippen molar-refractivity contribution in [3.8, 4) is 11.5 Å². The fraction of sp³-hybridized carbons (Fsp3) is 0.286. The Morgan fingerprint density at radius 1 is 1.00 bits per heavy atom. The first-order chi connectivity index (χ1) is 19.4.